The summed E-state index contributed by atoms with van der Waals surface area (Å²) in [6.45, 7) is 3.81. The average Bonchev–Trinajstić information content (AvgIpc) is 2.25. The normalized spacial score (nSPS) is 10.7. The van der Waals surface area contributed by atoms with E-state index in [-0.39, 0.29) is 13.2 Å². The van der Waals surface area contributed by atoms with Crippen molar-refractivity contribution < 1.29 is 14.6 Å². The lowest BCUT2D eigenvalue weighted by Gasteiger charge is -1.98. The number of amides is 1. The molecule has 0 aliphatic heterocycles. The van der Waals surface area contributed by atoms with Crippen LogP contribution in [0.3, 0.4) is 0 Å². The van der Waals surface area contributed by atoms with Gasteiger partial charge in [-0.25, -0.2) is 4.79 Å². The predicted molar refractivity (Wildman–Crippen MR) is 59.3 cm³/mol. The minimum Gasteiger partial charge on any atom is -0.445 e. The minimum absolute atomic E-state index is 0.195. The molecule has 0 aromatic heterocycles. The summed E-state index contributed by atoms with van der Waals surface area (Å²) in [5.41, 5.74) is 0. The molecule has 1 amide bonds. The fraction of sp³-hybridized carbons (Fsp3) is 0.364. The third kappa shape index (κ3) is 10.4. The number of aliphatic hydroxyl groups is 1. The van der Waals surface area contributed by atoms with Crippen LogP contribution in [0.2, 0.25) is 0 Å². The maximum absolute atomic E-state index is 10.8. The number of alkyl carbamates (subject to hydrolysis) is 1. The number of carbonyl (C=O) groups excluding carboxylic acids is 1. The van der Waals surface area contributed by atoms with Gasteiger partial charge in [0.05, 0.1) is 0 Å². The van der Waals surface area contributed by atoms with Crippen LogP contribution in [0.5, 0.6) is 0 Å². The maximum Gasteiger partial charge on any atom is 0.411 e. The van der Waals surface area contributed by atoms with Gasteiger partial charge in [-0.3, -0.25) is 5.32 Å². The first-order chi connectivity index (χ1) is 7.31. The third-order valence-corrected chi connectivity index (χ3v) is 1.41. The molecule has 0 unspecified atom stereocenters. The van der Waals surface area contributed by atoms with Crippen molar-refractivity contribution in [2.75, 3.05) is 13.2 Å². The number of carbonyl (C=O) groups is 1. The monoisotopic (exact) mass is 211 g/mol. The van der Waals surface area contributed by atoms with Crippen LogP contribution in [0.4, 0.5) is 4.79 Å². The Morgan fingerprint density at radius 2 is 2.27 bits per heavy atom. The SMILES string of the molecule is C=CCOC(=O)N/C=C/C=C/CCCO. The van der Waals surface area contributed by atoms with Gasteiger partial charge in [0.25, 0.3) is 0 Å². The molecule has 0 bridgehead atoms. The zero-order valence-electron chi connectivity index (χ0n) is 8.69. The van der Waals surface area contributed by atoms with Gasteiger partial charge in [-0.2, -0.15) is 0 Å². The van der Waals surface area contributed by atoms with E-state index in [0.717, 1.165) is 12.8 Å². The largest absolute Gasteiger partial charge is 0.445 e. The summed E-state index contributed by atoms with van der Waals surface area (Å²) in [4.78, 5) is 10.8. The molecule has 2 N–H and O–H groups in total. The van der Waals surface area contributed by atoms with Gasteiger partial charge in [-0.15, -0.1) is 0 Å². The van der Waals surface area contributed by atoms with Crippen LogP contribution in [-0.4, -0.2) is 24.4 Å². The maximum atomic E-state index is 10.8. The number of allylic oxidation sites excluding steroid dienone is 3. The molecular formula is C11H17NO3. The van der Waals surface area contributed by atoms with Crippen LogP contribution in [0, 0.1) is 0 Å². The summed E-state index contributed by atoms with van der Waals surface area (Å²) in [6.07, 6.45) is 9.44. The lowest BCUT2D eigenvalue weighted by molar-refractivity contribution is 0.162. The van der Waals surface area contributed by atoms with Crippen LogP contribution in [0.15, 0.2) is 37.1 Å². The van der Waals surface area contributed by atoms with Crippen LogP contribution < -0.4 is 5.32 Å². The standard InChI is InChI=1S/C11H17NO3/c1-2-10-15-11(14)12-8-6-4-3-5-7-9-13/h2-4,6,8,13H,1,5,7,9-10H2,(H,12,14)/b4-3+,8-6+. The van der Waals surface area contributed by atoms with Crippen molar-refractivity contribution in [3.05, 3.63) is 37.1 Å². The molecule has 15 heavy (non-hydrogen) atoms. The fourth-order valence-corrected chi connectivity index (χ4v) is 0.732. The van der Waals surface area contributed by atoms with E-state index in [1.54, 1.807) is 12.2 Å². The van der Waals surface area contributed by atoms with E-state index < -0.39 is 6.09 Å². The molecular weight excluding hydrogens is 194 g/mol. The molecule has 0 aromatic rings. The molecule has 0 saturated heterocycles. The molecule has 84 valence electrons. The highest BCUT2D eigenvalue weighted by Crippen LogP contribution is 1.89. The highest BCUT2D eigenvalue weighted by molar-refractivity contribution is 5.68. The molecule has 0 aliphatic carbocycles. The second-order valence-corrected chi connectivity index (χ2v) is 2.68. The minimum atomic E-state index is -0.505. The summed E-state index contributed by atoms with van der Waals surface area (Å²) < 4.78 is 4.66. The van der Waals surface area contributed by atoms with E-state index in [9.17, 15) is 4.79 Å². The first kappa shape index (κ1) is 13.4. The van der Waals surface area contributed by atoms with E-state index in [2.05, 4.69) is 16.6 Å². The van der Waals surface area contributed by atoms with E-state index >= 15 is 0 Å². The van der Waals surface area contributed by atoms with Crippen LogP contribution in [-0.2, 0) is 4.74 Å². The van der Waals surface area contributed by atoms with E-state index in [1.165, 1.54) is 12.3 Å². The first-order valence-corrected chi connectivity index (χ1v) is 4.78. The highest BCUT2D eigenvalue weighted by atomic mass is 16.5. The summed E-state index contributed by atoms with van der Waals surface area (Å²) in [5, 5.41) is 10.9. The van der Waals surface area contributed by atoms with Crippen molar-refractivity contribution in [2.45, 2.75) is 12.8 Å². The molecule has 0 aromatic carbocycles. The second kappa shape index (κ2) is 10.5. The van der Waals surface area contributed by atoms with Crippen molar-refractivity contribution in [3.8, 4) is 0 Å². The van der Waals surface area contributed by atoms with E-state index in [4.69, 9.17) is 5.11 Å². The molecule has 0 spiro atoms. The molecule has 0 radical (unpaired) electrons. The van der Waals surface area contributed by atoms with E-state index in [1.807, 2.05) is 6.08 Å². The van der Waals surface area contributed by atoms with Gasteiger partial charge in [0.1, 0.15) is 6.61 Å². The molecule has 0 aliphatic rings. The van der Waals surface area contributed by atoms with Crippen molar-refractivity contribution >= 4 is 6.09 Å². The first-order valence-electron chi connectivity index (χ1n) is 4.78. The van der Waals surface area contributed by atoms with Gasteiger partial charge in [-0.1, -0.05) is 24.8 Å². The Morgan fingerprint density at radius 3 is 2.93 bits per heavy atom. The van der Waals surface area contributed by atoms with Gasteiger partial charge >= 0.3 is 6.09 Å². The van der Waals surface area contributed by atoms with Gasteiger partial charge in [-0.05, 0) is 18.9 Å². The number of aliphatic hydroxyl groups excluding tert-OH is 1. The quantitative estimate of drug-likeness (QED) is 0.383. The molecule has 0 fully saturated rings. The predicted octanol–water partition coefficient (Wildman–Crippen LogP) is 1.74. The Balaban J connectivity index is 3.48. The summed E-state index contributed by atoms with van der Waals surface area (Å²) >= 11 is 0. The third-order valence-electron chi connectivity index (χ3n) is 1.41. The number of unbranched alkanes of at least 4 members (excludes halogenated alkanes) is 1. The molecule has 0 heterocycles. The highest BCUT2D eigenvalue weighted by Gasteiger charge is 1.93. The van der Waals surface area contributed by atoms with Crippen molar-refractivity contribution in [3.63, 3.8) is 0 Å². The molecule has 4 nitrogen and oxygen atoms in total. The number of nitrogens with one attached hydrogen (secondary N) is 1. The smallest absolute Gasteiger partial charge is 0.411 e. The van der Waals surface area contributed by atoms with Gasteiger partial charge < -0.3 is 9.84 Å². The Kier molecular flexibility index (Phi) is 9.44. The number of hydrogen-bond acceptors (Lipinski definition) is 3. The number of rotatable bonds is 7. The molecule has 0 atom stereocenters. The zero-order valence-corrected chi connectivity index (χ0v) is 8.69. The Labute approximate surface area is 89.9 Å². The molecule has 4 heteroatoms. The van der Waals surface area contributed by atoms with Crippen molar-refractivity contribution in [2.24, 2.45) is 0 Å². The summed E-state index contributed by atoms with van der Waals surface area (Å²) in [6, 6.07) is 0. The topological polar surface area (TPSA) is 58.6 Å². The Morgan fingerprint density at radius 1 is 1.47 bits per heavy atom. The van der Waals surface area contributed by atoms with Crippen LogP contribution in [0.1, 0.15) is 12.8 Å². The van der Waals surface area contributed by atoms with Crippen LogP contribution >= 0.6 is 0 Å². The summed E-state index contributed by atoms with van der Waals surface area (Å²) in [5.74, 6) is 0. The van der Waals surface area contributed by atoms with Crippen molar-refractivity contribution in [1.82, 2.24) is 5.32 Å². The Bertz CT molecular complexity index is 234. The summed E-state index contributed by atoms with van der Waals surface area (Å²) in [7, 11) is 0. The number of ether oxygens (including phenoxy) is 1. The second-order valence-electron chi connectivity index (χ2n) is 2.68. The number of hydrogen-bond donors (Lipinski definition) is 2. The lowest BCUT2D eigenvalue weighted by Crippen LogP contribution is -2.18. The molecule has 0 rings (SSSR count). The van der Waals surface area contributed by atoms with Gasteiger partial charge in [0.15, 0.2) is 0 Å². The zero-order chi connectivity index (χ0) is 11.4. The van der Waals surface area contributed by atoms with Crippen LogP contribution in [0.25, 0.3) is 0 Å². The average molecular weight is 211 g/mol. The fourth-order valence-electron chi connectivity index (χ4n) is 0.732. The van der Waals surface area contributed by atoms with Gasteiger partial charge in [0, 0.05) is 12.8 Å². The van der Waals surface area contributed by atoms with Gasteiger partial charge in [0.2, 0.25) is 0 Å². The molecule has 0 saturated carbocycles. The van der Waals surface area contributed by atoms with Crippen molar-refractivity contribution in [1.29, 1.82) is 0 Å². The lowest BCUT2D eigenvalue weighted by atomic mass is 10.3. The van der Waals surface area contributed by atoms with E-state index in [0.29, 0.717) is 0 Å². The Hall–Kier alpha value is -1.55.